The first-order valence-corrected chi connectivity index (χ1v) is 13.2. The number of nitrogens with zero attached hydrogens (tertiary/aromatic N) is 4. The summed E-state index contributed by atoms with van der Waals surface area (Å²) in [5.74, 6) is -0.262. The molecule has 0 aliphatic heterocycles. The molecule has 2 N–H and O–H groups in total. The number of benzene rings is 2. The van der Waals surface area contributed by atoms with Gasteiger partial charge in [0.15, 0.2) is 5.75 Å². The number of hydrogen-bond donors (Lipinski definition) is 2. The van der Waals surface area contributed by atoms with Crippen LogP contribution in [-0.2, 0) is 11.2 Å². The van der Waals surface area contributed by atoms with Gasteiger partial charge in [0, 0.05) is 11.9 Å². The van der Waals surface area contributed by atoms with Crippen LogP contribution in [0.5, 0.6) is 11.8 Å². The molecule has 0 radical (unpaired) electrons. The van der Waals surface area contributed by atoms with E-state index in [2.05, 4.69) is 30.7 Å². The first-order chi connectivity index (χ1) is 19.7. The van der Waals surface area contributed by atoms with E-state index in [1.165, 1.54) is 25.6 Å². The van der Waals surface area contributed by atoms with Crippen LogP contribution in [0.3, 0.4) is 0 Å². The van der Waals surface area contributed by atoms with Crippen molar-refractivity contribution in [2.75, 3.05) is 7.11 Å². The van der Waals surface area contributed by atoms with Crippen LogP contribution in [-0.4, -0.2) is 44.8 Å². The number of aryl methyl sites for hydroxylation is 2. The molecular weight excluding hydrogens is 555 g/mol. The summed E-state index contributed by atoms with van der Waals surface area (Å²) >= 11 is 6.20. The quantitative estimate of drug-likeness (QED) is 0.318. The van der Waals surface area contributed by atoms with Crippen molar-refractivity contribution in [1.29, 1.82) is 0 Å². The SMILES string of the molecule is COc1ncc(OC(=O)NC2(C(=O)N[C@H]3CCc4cc(-c5cc(Cl)cc(F)c5-c5noc(C)n5)ccc43)CC2)cn1. The van der Waals surface area contributed by atoms with E-state index >= 15 is 4.39 Å². The molecule has 2 aliphatic rings. The van der Waals surface area contributed by atoms with Crippen LogP contribution in [0.1, 0.15) is 42.3 Å². The van der Waals surface area contributed by atoms with Crippen molar-refractivity contribution >= 4 is 23.6 Å². The number of hydrogen-bond acceptors (Lipinski definition) is 9. The number of rotatable bonds is 7. The molecule has 0 spiro atoms. The van der Waals surface area contributed by atoms with E-state index in [-0.39, 0.29) is 40.1 Å². The second-order valence-electron chi connectivity index (χ2n) is 9.93. The topological polar surface area (TPSA) is 141 Å². The lowest BCUT2D eigenvalue weighted by Crippen LogP contribution is -2.50. The minimum absolute atomic E-state index is 0.122. The molecule has 0 unspecified atom stereocenters. The maximum atomic E-state index is 15.0. The molecule has 2 amide bonds. The summed E-state index contributed by atoms with van der Waals surface area (Å²) in [6.07, 6.45) is 4.19. The molecule has 13 heteroatoms. The van der Waals surface area contributed by atoms with Crippen LogP contribution in [0.25, 0.3) is 22.5 Å². The van der Waals surface area contributed by atoms with Crippen LogP contribution in [0, 0.1) is 12.7 Å². The Bertz CT molecular complexity index is 1660. The number of ether oxygens (including phenoxy) is 2. The first kappa shape index (κ1) is 26.6. The van der Waals surface area contributed by atoms with E-state index in [1.807, 2.05) is 18.2 Å². The molecule has 11 nitrogen and oxygen atoms in total. The van der Waals surface area contributed by atoms with Gasteiger partial charge in [-0.2, -0.15) is 15.0 Å². The Balaban J connectivity index is 1.17. The molecule has 0 saturated heterocycles. The molecule has 1 atom stereocenters. The minimum Gasteiger partial charge on any atom is -0.467 e. The number of nitrogens with one attached hydrogen (secondary N) is 2. The summed E-state index contributed by atoms with van der Waals surface area (Å²) in [6.45, 7) is 1.63. The maximum absolute atomic E-state index is 15.0. The third-order valence-corrected chi connectivity index (χ3v) is 7.39. The minimum atomic E-state index is -1.04. The Morgan fingerprint density at radius 1 is 1.17 bits per heavy atom. The maximum Gasteiger partial charge on any atom is 0.413 e. The van der Waals surface area contributed by atoms with Crippen molar-refractivity contribution < 1.29 is 28.0 Å². The number of aromatic nitrogens is 4. The molecule has 1 fully saturated rings. The molecule has 2 aliphatic carbocycles. The Hall–Kier alpha value is -4.58. The summed E-state index contributed by atoms with van der Waals surface area (Å²) in [5.41, 5.74) is 2.40. The zero-order valence-electron chi connectivity index (χ0n) is 22.0. The van der Waals surface area contributed by atoms with E-state index in [9.17, 15) is 9.59 Å². The Labute approximate surface area is 238 Å². The lowest BCUT2D eigenvalue weighted by atomic mass is 9.95. The number of carbonyl (C=O) groups is 2. The van der Waals surface area contributed by atoms with Gasteiger partial charge in [0.05, 0.1) is 31.1 Å². The molecule has 1 saturated carbocycles. The van der Waals surface area contributed by atoms with Gasteiger partial charge in [-0.1, -0.05) is 35.0 Å². The van der Waals surface area contributed by atoms with Crippen molar-refractivity contribution in [1.82, 2.24) is 30.7 Å². The van der Waals surface area contributed by atoms with Gasteiger partial charge < -0.3 is 24.6 Å². The van der Waals surface area contributed by atoms with Gasteiger partial charge in [0.1, 0.15) is 11.4 Å². The van der Waals surface area contributed by atoms with Crippen LogP contribution >= 0.6 is 11.6 Å². The predicted octanol–water partition coefficient (Wildman–Crippen LogP) is 4.73. The fraction of sp³-hybridized carbons (Fsp3) is 0.286. The first-order valence-electron chi connectivity index (χ1n) is 12.8. The molecule has 41 heavy (non-hydrogen) atoms. The Morgan fingerprint density at radius 3 is 2.63 bits per heavy atom. The van der Waals surface area contributed by atoms with Crippen molar-refractivity contribution in [2.24, 2.45) is 0 Å². The van der Waals surface area contributed by atoms with Crippen LogP contribution in [0.2, 0.25) is 5.02 Å². The monoisotopic (exact) mass is 578 g/mol. The summed E-state index contributed by atoms with van der Waals surface area (Å²) in [4.78, 5) is 37.7. The fourth-order valence-electron chi connectivity index (χ4n) is 4.98. The van der Waals surface area contributed by atoms with Gasteiger partial charge in [-0.25, -0.2) is 9.18 Å². The lowest BCUT2D eigenvalue weighted by molar-refractivity contribution is -0.124. The molecule has 2 aromatic carbocycles. The van der Waals surface area contributed by atoms with E-state index < -0.39 is 17.4 Å². The third-order valence-electron chi connectivity index (χ3n) is 7.17. The third kappa shape index (κ3) is 5.30. The van der Waals surface area contributed by atoms with Gasteiger partial charge in [-0.05, 0) is 60.1 Å². The molecule has 0 bridgehead atoms. The average molecular weight is 579 g/mol. The summed E-state index contributed by atoms with van der Waals surface area (Å²) in [7, 11) is 1.43. The molecule has 4 aromatic rings. The highest BCUT2D eigenvalue weighted by atomic mass is 35.5. The second-order valence-corrected chi connectivity index (χ2v) is 10.4. The molecule has 2 heterocycles. The number of fused-ring (bicyclic) bond motifs is 1. The highest BCUT2D eigenvalue weighted by Crippen LogP contribution is 2.41. The highest BCUT2D eigenvalue weighted by Gasteiger charge is 2.52. The molecule has 2 aromatic heterocycles. The predicted molar refractivity (Wildman–Crippen MR) is 144 cm³/mol. The number of halogens is 2. The van der Waals surface area contributed by atoms with Crippen LogP contribution in [0.4, 0.5) is 9.18 Å². The summed E-state index contributed by atoms with van der Waals surface area (Å²) in [5, 5.41) is 9.89. The van der Waals surface area contributed by atoms with Gasteiger partial charge in [0.25, 0.3) is 0 Å². The Kier molecular flexibility index (Phi) is 6.78. The average Bonchev–Trinajstić information content (AvgIpc) is 3.43. The van der Waals surface area contributed by atoms with Gasteiger partial charge in [0.2, 0.25) is 17.6 Å². The smallest absolute Gasteiger partial charge is 0.413 e. The summed E-state index contributed by atoms with van der Waals surface area (Å²) in [6, 6.07) is 8.51. The zero-order chi connectivity index (χ0) is 28.7. The largest absolute Gasteiger partial charge is 0.467 e. The molecular formula is C28H24ClFN6O5. The van der Waals surface area contributed by atoms with Crippen LogP contribution in [0.15, 0.2) is 47.2 Å². The number of methoxy groups -OCH3 is 1. The van der Waals surface area contributed by atoms with Gasteiger partial charge >= 0.3 is 12.1 Å². The van der Waals surface area contributed by atoms with Crippen molar-refractivity contribution in [3.63, 3.8) is 0 Å². The lowest BCUT2D eigenvalue weighted by Gasteiger charge is -2.21. The number of carbonyl (C=O) groups excluding carboxylic acids is 2. The standard InChI is InChI=1S/C28H24ClFN6O5/c1-14-33-24(36-41-14)23-20(10-17(29)11-21(23)30)16-3-5-19-15(9-16)4-6-22(19)34-25(37)28(7-8-28)35-27(38)40-18-12-31-26(39-2)32-13-18/h3,5,9-13,22H,4,6-8H2,1-2H3,(H,34,37)(H,35,38)/t22-/m0/s1. The van der Waals surface area contributed by atoms with Crippen molar-refractivity contribution in [2.45, 2.75) is 44.2 Å². The van der Waals surface area contributed by atoms with E-state index in [0.717, 1.165) is 16.7 Å². The highest BCUT2D eigenvalue weighted by molar-refractivity contribution is 6.31. The summed E-state index contributed by atoms with van der Waals surface area (Å²) < 4.78 is 30.2. The van der Waals surface area contributed by atoms with Gasteiger partial charge in [-0.3, -0.25) is 4.79 Å². The normalized spacial score (nSPS) is 16.5. The van der Waals surface area contributed by atoms with E-state index in [4.69, 9.17) is 25.6 Å². The van der Waals surface area contributed by atoms with E-state index in [1.54, 1.807) is 13.0 Å². The fourth-order valence-corrected chi connectivity index (χ4v) is 5.19. The van der Waals surface area contributed by atoms with Crippen molar-refractivity contribution in [3.05, 3.63) is 70.6 Å². The molecule has 210 valence electrons. The van der Waals surface area contributed by atoms with Gasteiger partial charge in [-0.15, -0.1) is 0 Å². The Morgan fingerprint density at radius 2 is 1.95 bits per heavy atom. The van der Waals surface area contributed by atoms with Crippen LogP contribution < -0.4 is 20.1 Å². The second kappa shape index (κ2) is 10.4. The molecule has 6 rings (SSSR count). The van der Waals surface area contributed by atoms with E-state index in [0.29, 0.717) is 37.1 Å². The van der Waals surface area contributed by atoms with Crippen molar-refractivity contribution in [3.8, 4) is 34.3 Å². The number of amides is 2. The zero-order valence-corrected chi connectivity index (χ0v) is 22.8.